The van der Waals surface area contributed by atoms with Gasteiger partial charge in [0.15, 0.2) is 5.65 Å². The van der Waals surface area contributed by atoms with Crippen LogP contribution in [0.15, 0.2) is 24.3 Å². The molecule has 0 radical (unpaired) electrons. The third kappa shape index (κ3) is 3.16. The van der Waals surface area contributed by atoms with E-state index in [1.165, 1.54) is 11.3 Å². The zero-order valence-corrected chi connectivity index (χ0v) is 18.2. The molecule has 7 heteroatoms. The highest BCUT2D eigenvalue weighted by molar-refractivity contribution is 6.31. The summed E-state index contributed by atoms with van der Waals surface area (Å²) in [6.45, 7) is 7.39. The van der Waals surface area contributed by atoms with Gasteiger partial charge in [0, 0.05) is 70.6 Å². The highest BCUT2D eigenvalue weighted by Gasteiger charge is 2.24. The maximum Gasteiger partial charge on any atom is 0.223 e. The molecule has 0 saturated heterocycles. The van der Waals surface area contributed by atoms with Crippen LogP contribution in [-0.4, -0.2) is 36.9 Å². The summed E-state index contributed by atoms with van der Waals surface area (Å²) in [6, 6.07) is 7.87. The Balaban J connectivity index is 1.35. The summed E-state index contributed by atoms with van der Waals surface area (Å²) in [5.74, 6) is 0.174. The Morgan fingerprint density at radius 2 is 2.07 bits per heavy atom. The van der Waals surface area contributed by atoms with Gasteiger partial charge in [-0.2, -0.15) is 5.10 Å². The maximum absolute atomic E-state index is 13.0. The zero-order chi connectivity index (χ0) is 21.0. The number of aryl methyl sites for hydroxylation is 3. The predicted molar refractivity (Wildman–Crippen MR) is 118 cm³/mol. The van der Waals surface area contributed by atoms with Crippen LogP contribution in [0.2, 0.25) is 5.02 Å². The van der Waals surface area contributed by atoms with E-state index in [1.54, 1.807) is 0 Å². The molecule has 1 N–H and O–H groups in total. The van der Waals surface area contributed by atoms with Crippen LogP contribution in [0.4, 0.5) is 0 Å². The van der Waals surface area contributed by atoms with Gasteiger partial charge >= 0.3 is 0 Å². The lowest BCUT2D eigenvalue weighted by molar-refractivity contribution is -0.132. The van der Waals surface area contributed by atoms with Crippen LogP contribution in [0.3, 0.4) is 0 Å². The van der Waals surface area contributed by atoms with E-state index in [9.17, 15) is 4.79 Å². The standard InChI is InChI=1S/C23H24ClN5O/c1-13-10-22-25-14(2)17(15(3)29(22)27-13)5-7-23(30)28-9-8-21-19(12-28)18-11-16(24)4-6-20(18)26-21/h4,6,10-11,26H,5,7-9,12H2,1-3H3. The largest absolute Gasteiger partial charge is 0.358 e. The van der Waals surface area contributed by atoms with Crippen LogP contribution in [0.25, 0.3) is 16.6 Å². The number of carbonyl (C=O) groups is 1. The number of rotatable bonds is 3. The first-order valence-electron chi connectivity index (χ1n) is 10.3. The molecule has 1 aliphatic rings. The first kappa shape index (κ1) is 19.1. The van der Waals surface area contributed by atoms with Crippen LogP contribution >= 0.6 is 11.6 Å². The van der Waals surface area contributed by atoms with Gasteiger partial charge in [-0.3, -0.25) is 4.79 Å². The summed E-state index contributed by atoms with van der Waals surface area (Å²) in [7, 11) is 0. The van der Waals surface area contributed by atoms with Crippen molar-refractivity contribution in [1.82, 2.24) is 24.5 Å². The highest BCUT2D eigenvalue weighted by Crippen LogP contribution is 2.30. The molecule has 3 aromatic heterocycles. The highest BCUT2D eigenvalue weighted by atomic mass is 35.5. The number of aromatic nitrogens is 4. The molecule has 0 fully saturated rings. The van der Waals surface area contributed by atoms with Crippen molar-refractivity contribution >= 4 is 34.1 Å². The molecular weight excluding hydrogens is 398 g/mol. The van der Waals surface area contributed by atoms with Crippen LogP contribution in [0.5, 0.6) is 0 Å². The minimum Gasteiger partial charge on any atom is -0.358 e. The molecule has 30 heavy (non-hydrogen) atoms. The lowest BCUT2D eigenvalue weighted by Gasteiger charge is -2.27. The van der Waals surface area contributed by atoms with Gasteiger partial charge in [0.1, 0.15) is 0 Å². The second-order valence-electron chi connectivity index (χ2n) is 8.15. The summed E-state index contributed by atoms with van der Waals surface area (Å²) < 4.78 is 1.88. The van der Waals surface area contributed by atoms with Crippen molar-refractivity contribution in [1.29, 1.82) is 0 Å². The molecule has 0 atom stereocenters. The molecule has 0 saturated carbocycles. The predicted octanol–water partition coefficient (Wildman–Crippen LogP) is 4.31. The zero-order valence-electron chi connectivity index (χ0n) is 17.4. The second-order valence-corrected chi connectivity index (χ2v) is 8.59. The number of hydrogen-bond acceptors (Lipinski definition) is 3. The van der Waals surface area contributed by atoms with Crippen LogP contribution in [-0.2, 0) is 24.2 Å². The number of halogens is 1. The Hall–Kier alpha value is -2.86. The van der Waals surface area contributed by atoms with Gasteiger partial charge in [-0.1, -0.05) is 11.6 Å². The number of nitrogens with zero attached hydrogens (tertiary/aromatic N) is 4. The fraction of sp³-hybridized carbons (Fsp3) is 0.348. The van der Waals surface area contributed by atoms with E-state index in [4.69, 9.17) is 11.6 Å². The Bertz CT molecular complexity index is 1300. The first-order chi connectivity index (χ1) is 14.4. The number of benzene rings is 1. The van der Waals surface area contributed by atoms with Gasteiger partial charge in [0.2, 0.25) is 5.91 Å². The van der Waals surface area contributed by atoms with Gasteiger partial charge in [-0.05, 0) is 51.0 Å². The van der Waals surface area contributed by atoms with E-state index in [0.717, 1.165) is 57.2 Å². The van der Waals surface area contributed by atoms with E-state index >= 15 is 0 Å². The number of nitrogens with one attached hydrogen (secondary N) is 1. The molecule has 0 unspecified atom stereocenters. The average Bonchev–Trinajstić information content (AvgIpc) is 3.26. The Kier molecular flexibility index (Phi) is 4.54. The number of hydrogen-bond donors (Lipinski definition) is 1. The molecular formula is C23H24ClN5O. The molecule has 0 bridgehead atoms. The van der Waals surface area contributed by atoms with Gasteiger partial charge in [0.05, 0.1) is 5.69 Å². The molecule has 4 aromatic rings. The first-order valence-corrected chi connectivity index (χ1v) is 10.7. The molecule has 0 aliphatic carbocycles. The summed E-state index contributed by atoms with van der Waals surface area (Å²) >= 11 is 6.20. The summed E-state index contributed by atoms with van der Waals surface area (Å²) in [4.78, 5) is 23.2. The van der Waals surface area contributed by atoms with Crippen LogP contribution < -0.4 is 0 Å². The van der Waals surface area contributed by atoms with E-state index in [-0.39, 0.29) is 5.91 Å². The van der Waals surface area contributed by atoms with Gasteiger partial charge in [-0.15, -0.1) is 0 Å². The third-order valence-electron chi connectivity index (χ3n) is 6.16. The molecule has 6 nitrogen and oxygen atoms in total. The van der Waals surface area contributed by atoms with E-state index < -0.39 is 0 Å². The van der Waals surface area contributed by atoms with Crippen molar-refractivity contribution in [3.05, 3.63) is 63.2 Å². The van der Waals surface area contributed by atoms with Crippen molar-refractivity contribution in [2.45, 2.75) is 46.6 Å². The second kappa shape index (κ2) is 7.13. The minimum atomic E-state index is 0.174. The Labute approximate surface area is 179 Å². The normalized spacial score (nSPS) is 13.9. The molecule has 4 heterocycles. The van der Waals surface area contributed by atoms with Gasteiger partial charge in [0.25, 0.3) is 0 Å². The summed E-state index contributed by atoms with van der Waals surface area (Å²) in [5, 5.41) is 6.37. The average molecular weight is 422 g/mol. The van der Waals surface area contributed by atoms with Gasteiger partial charge in [-0.25, -0.2) is 9.50 Å². The fourth-order valence-corrected chi connectivity index (χ4v) is 4.76. The number of amides is 1. The Morgan fingerprint density at radius 1 is 1.23 bits per heavy atom. The van der Waals surface area contributed by atoms with Crippen LogP contribution in [0.1, 0.15) is 40.3 Å². The third-order valence-corrected chi connectivity index (χ3v) is 6.40. The quantitative estimate of drug-likeness (QED) is 0.536. The molecule has 154 valence electrons. The number of aromatic amines is 1. The van der Waals surface area contributed by atoms with E-state index in [2.05, 4.69) is 22.0 Å². The van der Waals surface area contributed by atoms with Crippen molar-refractivity contribution < 1.29 is 4.79 Å². The maximum atomic E-state index is 13.0. The van der Waals surface area contributed by atoms with Crippen molar-refractivity contribution in [2.24, 2.45) is 0 Å². The lowest BCUT2D eigenvalue weighted by Crippen LogP contribution is -2.36. The number of fused-ring (bicyclic) bond motifs is 4. The van der Waals surface area contributed by atoms with Crippen molar-refractivity contribution in [2.75, 3.05) is 6.54 Å². The summed E-state index contributed by atoms with van der Waals surface area (Å²) in [5.41, 5.74) is 8.43. The van der Waals surface area contributed by atoms with Gasteiger partial charge < -0.3 is 9.88 Å². The molecule has 1 aromatic carbocycles. The monoisotopic (exact) mass is 421 g/mol. The lowest BCUT2D eigenvalue weighted by atomic mass is 10.0. The summed E-state index contributed by atoms with van der Waals surface area (Å²) in [6.07, 6.45) is 1.97. The Morgan fingerprint density at radius 3 is 2.90 bits per heavy atom. The van der Waals surface area contributed by atoms with E-state index in [1.807, 2.05) is 47.5 Å². The fourth-order valence-electron chi connectivity index (χ4n) is 4.59. The number of carbonyl (C=O) groups excluding carboxylic acids is 1. The molecule has 1 aliphatic heterocycles. The molecule has 1 amide bonds. The van der Waals surface area contributed by atoms with E-state index in [0.29, 0.717) is 19.4 Å². The molecule has 5 rings (SSSR count). The topological polar surface area (TPSA) is 66.3 Å². The number of H-pyrrole nitrogens is 1. The van der Waals surface area contributed by atoms with Crippen LogP contribution in [0, 0.1) is 20.8 Å². The molecule has 0 spiro atoms. The van der Waals surface area contributed by atoms with Crippen molar-refractivity contribution in [3.8, 4) is 0 Å². The van der Waals surface area contributed by atoms with Crippen molar-refractivity contribution in [3.63, 3.8) is 0 Å². The smallest absolute Gasteiger partial charge is 0.223 e. The minimum absolute atomic E-state index is 0.174. The SMILES string of the molecule is Cc1cc2nc(C)c(CCC(=O)N3CCc4[nH]c5ccc(Cl)cc5c4C3)c(C)n2n1.